The number of benzene rings is 1. The van der Waals surface area contributed by atoms with Gasteiger partial charge in [0, 0.05) is 31.5 Å². The minimum Gasteiger partial charge on any atom is -0.375 e. The number of hydrogen-bond donors (Lipinski definition) is 1. The summed E-state index contributed by atoms with van der Waals surface area (Å²) in [5.41, 5.74) is 1.59. The van der Waals surface area contributed by atoms with Crippen molar-refractivity contribution in [2.24, 2.45) is 7.05 Å². The summed E-state index contributed by atoms with van der Waals surface area (Å²) in [6, 6.07) is 4.97. The molecule has 2 aromatic rings. The van der Waals surface area contributed by atoms with Gasteiger partial charge in [-0.15, -0.1) is 0 Å². The fraction of sp³-hybridized carbons (Fsp3) is 0.529. The largest absolute Gasteiger partial charge is 0.375 e. The molecule has 1 fully saturated rings. The number of aromatic nitrogens is 3. The molecule has 130 valence electrons. The molecule has 1 aromatic heterocycles. The highest BCUT2D eigenvalue weighted by atomic mass is 19.1. The Morgan fingerprint density at radius 2 is 1.96 bits per heavy atom. The van der Waals surface area contributed by atoms with Crippen LogP contribution in [-0.2, 0) is 11.8 Å². The molecule has 2 heterocycles. The third kappa shape index (κ3) is 3.67. The van der Waals surface area contributed by atoms with Crippen molar-refractivity contribution in [3.8, 4) is 0 Å². The Kier molecular flexibility index (Phi) is 4.71. The summed E-state index contributed by atoms with van der Waals surface area (Å²) in [5, 5.41) is 7.38. The lowest BCUT2D eigenvalue weighted by Crippen LogP contribution is -2.45. The van der Waals surface area contributed by atoms with Crippen LogP contribution in [0.4, 0.5) is 15.8 Å². The van der Waals surface area contributed by atoms with Crippen LogP contribution in [0.25, 0.3) is 0 Å². The summed E-state index contributed by atoms with van der Waals surface area (Å²) in [5.74, 6) is 0.543. The Morgan fingerprint density at radius 3 is 2.58 bits per heavy atom. The molecule has 0 aliphatic carbocycles. The van der Waals surface area contributed by atoms with Gasteiger partial charge < -0.3 is 15.0 Å². The van der Waals surface area contributed by atoms with Crippen molar-refractivity contribution in [2.45, 2.75) is 39.0 Å². The number of anilines is 2. The van der Waals surface area contributed by atoms with E-state index in [1.54, 1.807) is 10.7 Å². The first-order valence-corrected chi connectivity index (χ1v) is 8.24. The van der Waals surface area contributed by atoms with Crippen LogP contribution in [0.5, 0.6) is 0 Å². The topological polar surface area (TPSA) is 55.2 Å². The van der Waals surface area contributed by atoms with E-state index in [-0.39, 0.29) is 24.1 Å². The van der Waals surface area contributed by atoms with Gasteiger partial charge in [-0.2, -0.15) is 5.10 Å². The van der Waals surface area contributed by atoms with Crippen LogP contribution in [0.2, 0.25) is 0 Å². The van der Waals surface area contributed by atoms with E-state index < -0.39 is 0 Å². The van der Waals surface area contributed by atoms with Crippen LogP contribution >= 0.6 is 0 Å². The van der Waals surface area contributed by atoms with Crippen LogP contribution in [0, 0.1) is 5.82 Å². The van der Waals surface area contributed by atoms with Gasteiger partial charge in [-0.05, 0) is 39.0 Å². The van der Waals surface area contributed by atoms with Crippen molar-refractivity contribution >= 4 is 11.4 Å². The number of halogens is 1. The highest BCUT2D eigenvalue weighted by Crippen LogP contribution is 2.27. The number of hydrogen-bond acceptors (Lipinski definition) is 5. The van der Waals surface area contributed by atoms with Gasteiger partial charge in [-0.1, -0.05) is 0 Å². The highest BCUT2D eigenvalue weighted by Gasteiger charge is 2.23. The van der Waals surface area contributed by atoms with E-state index in [2.05, 4.69) is 20.3 Å². The maximum atomic E-state index is 14.1. The second kappa shape index (κ2) is 6.76. The average Bonchev–Trinajstić information content (AvgIpc) is 2.92. The number of aryl methyl sites for hydroxylation is 1. The molecule has 1 N–H and O–H groups in total. The van der Waals surface area contributed by atoms with Gasteiger partial charge in [0.05, 0.1) is 18.2 Å². The van der Waals surface area contributed by atoms with Crippen LogP contribution in [0.1, 0.15) is 32.6 Å². The zero-order valence-electron chi connectivity index (χ0n) is 14.5. The predicted octanol–water partition coefficient (Wildman–Crippen LogP) is 2.74. The molecule has 0 spiro atoms. The molecule has 7 heteroatoms. The number of rotatable bonds is 4. The Labute approximate surface area is 141 Å². The smallest absolute Gasteiger partial charge is 0.148 e. The quantitative estimate of drug-likeness (QED) is 0.932. The molecule has 0 radical (unpaired) electrons. The molecule has 0 bridgehead atoms. The third-order valence-electron chi connectivity index (χ3n) is 4.18. The molecule has 1 saturated heterocycles. The molecule has 3 atom stereocenters. The Bertz CT molecular complexity index is 694. The van der Waals surface area contributed by atoms with E-state index in [9.17, 15) is 4.39 Å². The molecule has 1 aliphatic rings. The van der Waals surface area contributed by atoms with E-state index in [0.717, 1.165) is 30.3 Å². The lowest BCUT2D eigenvalue weighted by molar-refractivity contribution is -0.00523. The van der Waals surface area contributed by atoms with Gasteiger partial charge in [0.1, 0.15) is 18.0 Å². The predicted molar refractivity (Wildman–Crippen MR) is 91.7 cm³/mol. The number of ether oxygens (including phenoxy) is 1. The van der Waals surface area contributed by atoms with E-state index >= 15 is 0 Å². The first-order valence-electron chi connectivity index (χ1n) is 8.24. The molecule has 3 rings (SSSR count). The molecular formula is C17H24FN5O. The molecule has 1 aromatic carbocycles. The molecule has 1 aliphatic heterocycles. The summed E-state index contributed by atoms with van der Waals surface area (Å²) in [7, 11) is 1.84. The molecule has 0 amide bonds. The van der Waals surface area contributed by atoms with Crippen molar-refractivity contribution in [3.63, 3.8) is 0 Å². The monoisotopic (exact) mass is 333 g/mol. The van der Waals surface area contributed by atoms with Gasteiger partial charge in [-0.3, -0.25) is 4.68 Å². The minimum atomic E-state index is -0.257. The van der Waals surface area contributed by atoms with Crippen molar-refractivity contribution < 1.29 is 9.13 Å². The second-order valence-corrected chi connectivity index (χ2v) is 6.47. The van der Waals surface area contributed by atoms with E-state index in [0.29, 0.717) is 0 Å². The molecule has 0 saturated carbocycles. The second-order valence-electron chi connectivity index (χ2n) is 6.47. The number of nitrogens with one attached hydrogen (secondary N) is 1. The maximum Gasteiger partial charge on any atom is 0.148 e. The van der Waals surface area contributed by atoms with Crippen LogP contribution in [0.15, 0.2) is 24.5 Å². The summed E-state index contributed by atoms with van der Waals surface area (Å²) in [6.45, 7) is 7.57. The fourth-order valence-electron chi connectivity index (χ4n) is 3.24. The van der Waals surface area contributed by atoms with Crippen molar-refractivity contribution in [3.05, 3.63) is 36.2 Å². The fourth-order valence-corrected chi connectivity index (χ4v) is 3.24. The van der Waals surface area contributed by atoms with Gasteiger partial charge in [0.25, 0.3) is 0 Å². The van der Waals surface area contributed by atoms with Crippen molar-refractivity contribution in [2.75, 3.05) is 23.3 Å². The maximum absolute atomic E-state index is 14.1. The zero-order chi connectivity index (χ0) is 17.3. The normalized spacial score (nSPS) is 22.5. The van der Waals surface area contributed by atoms with Crippen LogP contribution in [0.3, 0.4) is 0 Å². The lowest BCUT2D eigenvalue weighted by atomic mass is 10.1. The first kappa shape index (κ1) is 16.7. The summed E-state index contributed by atoms with van der Waals surface area (Å²) >= 11 is 0. The van der Waals surface area contributed by atoms with Crippen molar-refractivity contribution in [1.29, 1.82) is 0 Å². The van der Waals surface area contributed by atoms with Gasteiger partial charge in [0.2, 0.25) is 0 Å². The summed E-state index contributed by atoms with van der Waals surface area (Å²) < 4.78 is 21.6. The summed E-state index contributed by atoms with van der Waals surface area (Å²) in [6.07, 6.45) is 1.78. The number of nitrogens with zero attached hydrogens (tertiary/aromatic N) is 4. The van der Waals surface area contributed by atoms with E-state index in [4.69, 9.17) is 4.74 Å². The standard InChI is InChI=1S/C17H24FN5O/c1-11-8-23(9-12(2)24-11)16-6-14(18)5-15(7-16)21-13(3)17-19-10-20-22(17)4/h5-7,10-13,21H,8-9H2,1-4H3/t11-,12+,13?. The average molecular weight is 333 g/mol. The van der Waals surface area contributed by atoms with Gasteiger partial charge in [0.15, 0.2) is 0 Å². The molecule has 1 unspecified atom stereocenters. The lowest BCUT2D eigenvalue weighted by Gasteiger charge is -2.37. The van der Waals surface area contributed by atoms with Crippen LogP contribution in [-0.4, -0.2) is 40.1 Å². The van der Waals surface area contributed by atoms with Crippen LogP contribution < -0.4 is 10.2 Å². The summed E-state index contributed by atoms with van der Waals surface area (Å²) in [4.78, 5) is 6.40. The number of morpholine rings is 1. The third-order valence-corrected chi connectivity index (χ3v) is 4.18. The molecule has 6 nitrogen and oxygen atoms in total. The van der Waals surface area contributed by atoms with E-state index in [1.165, 1.54) is 12.4 Å². The van der Waals surface area contributed by atoms with Gasteiger partial charge >= 0.3 is 0 Å². The van der Waals surface area contributed by atoms with Crippen molar-refractivity contribution in [1.82, 2.24) is 14.8 Å². The first-order chi connectivity index (χ1) is 11.4. The zero-order valence-corrected chi connectivity index (χ0v) is 14.5. The molecular weight excluding hydrogens is 309 g/mol. The Morgan fingerprint density at radius 1 is 1.25 bits per heavy atom. The minimum absolute atomic E-state index is 0.0744. The highest BCUT2D eigenvalue weighted by molar-refractivity contribution is 5.59. The van der Waals surface area contributed by atoms with E-state index in [1.807, 2.05) is 33.9 Å². The SMILES string of the molecule is CC(Nc1cc(F)cc(N2C[C@@H](C)O[C@@H](C)C2)c1)c1ncnn1C. The Hall–Kier alpha value is -2.15. The Balaban J connectivity index is 1.80. The van der Waals surface area contributed by atoms with Gasteiger partial charge in [-0.25, -0.2) is 9.37 Å². The molecule has 24 heavy (non-hydrogen) atoms.